The number of aldehydes is 1. The van der Waals surface area contributed by atoms with Crippen LogP contribution in [0.1, 0.15) is 46.7 Å². The molecule has 0 saturated heterocycles. The molecule has 0 aromatic carbocycles. The zero-order valence-electron chi connectivity index (χ0n) is 15.9. The van der Waals surface area contributed by atoms with Gasteiger partial charge in [0, 0.05) is 11.6 Å². The molecule has 0 radical (unpaired) electrons. The fraction of sp³-hybridized carbons (Fsp3) is 0.316. The first-order chi connectivity index (χ1) is 13.7. The SMILES string of the molecule is CC.COC(=O)c1ccc(-c2cc(B(C#N)C3CC3)n3ncc(C=O)c3n2)s1. The number of esters is 1. The van der Waals surface area contributed by atoms with Gasteiger partial charge in [-0.15, -0.1) is 11.3 Å². The summed E-state index contributed by atoms with van der Waals surface area (Å²) in [5.74, 6) is 2.26. The van der Waals surface area contributed by atoms with Crippen LogP contribution in [-0.2, 0) is 4.74 Å². The fourth-order valence-corrected chi connectivity index (χ4v) is 3.85. The number of fused-ring (bicyclic) bond motifs is 1. The molecule has 0 atom stereocenters. The molecule has 142 valence electrons. The molecule has 3 heterocycles. The molecule has 1 fully saturated rings. The Bertz CT molecular complexity index is 1060. The largest absolute Gasteiger partial charge is 0.465 e. The van der Waals surface area contributed by atoms with Crippen molar-refractivity contribution in [1.29, 1.82) is 5.26 Å². The van der Waals surface area contributed by atoms with Crippen molar-refractivity contribution < 1.29 is 14.3 Å². The highest BCUT2D eigenvalue weighted by atomic mass is 32.1. The molecule has 9 heteroatoms. The Balaban J connectivity index is 0.00000109. The van der Waals surface area contributed by atoms with E-state index in [4.69, 9.17) is 4.74 Å². The molecule has 0 amide bonds. The van der Waals surface area contributed by atoms with Gasteiger partial charge in [0.15, 0.2) is 11.9 Å². The highest BCUT2D eigenvalue weighted by molar-refractivity contribution is 7.17. The number of aromatic nitrogens is 3. The Morgan fingerprint density at radius 2 is 2.18 bits per heavy atom. The van der Waals surface area contributed by atoms with Gasteiger partial charge in [0.05, 0.1) is 29.4 Å². The number of carbonyl (C=O) groups is 2. The normalized spacial score (nSPS) is 12.6. The first kappa shape index (κ1) is 19.8. The number of nitriles is 1. The average molecular weight is 394 g/mol. The zero-order chi connectivity index (χ0) is 20.3. The summed E-state index contributed by atoms with van der Waals surface area (Å²) < 4.78 is 6.32. The van der Waals surface area contributed by atoms with Gasteiger partial charge >= 0.3 is 12.7 Å². The van der Waals surface area contributed by atoms with Crippen molar-refractivity contribution in [2.24, 2.45) is 0 Å². The molecule has 1 aliphatic carbocycles. The van der Waals surface area contributed by atoms with Crippen LogP contribution in [0.5, 0.6) is 0 Å². The maximum absolute atomic E-state index is 11.7. The van der Waals surface area contributed by atoms with Gasteiger partial charge in [0.2, 0.25) is 0 Å². The third-order valence-corrected chi connectivity index (χ3v) is 5.54. The standard InChI is InChI=1S/C17H13BN4O3S.C2H6/c1-25-17(24)14-5-4-13(26-14)12-6-15(18(9-19)11-2-3-11)22-16(21-12)10(8-23)7-20-22;1-2/h4-8,11H,2-3H2,1H3;1-2H3. The van der Waals surface area contributed by atoms with E-state index in [1.807, 2.05) is 19.9 Å². The lowest BCUT2D eigenvalue weighted by molar-refractivity contribution is 0.0606. The number of rotatable bonds is 5. The van der Waals surface area contributed by atoms with Crippen LogP contribution in [0.3, 0.4) is 0 Å². The second kappa shape index (κ2) is 8.36. The van der Waals surface area contributed by atoms with Crippen molar-refractivity contribution >= 4 is 41.5 Å². The van der Waals surface area contributed by atoms with Crippen molar-refractivity contribution in [3.63, 3.8) is 0 Å². The zero-order valence-corrected chi connectivity index (χ0v) is 16.7. The smallest absolute Gasteiger partial charge is 0.348 e. The summed E-state index contributed by atoms with van der Waals surface area (Å²) in [7, 11) is 1.33. The van der Waals surface area contributed by atoms with Crippen molar-refractivity contribution in [2.75, 3.05) is 7.11 Å². The second-order valence-corrected chi connectivity index (χ2v) is 7.20. The molecule has 0 N–H and O–H groups in total. The minimum absolute atomic E-state index is 0.302. The third kappa shape index (κ3) is 3.55. The van der Waals surface area contributed by atoms with Gasteiger partial charge in [-0.1, -0.05) is 26.7 Å². The number of carbonyl (C=O) groups excluding carboxylic acids is 2. The number of nitrogens with zero attached hydrogens (tertiary/aromatic N) is 4. The van der Waals surface area contributed by atoms with Gasteiger partial charge in [0.25, 0.3) is 0 Å². The van der Waals surface area contributed by atoms with E-state index in [0.717, 1.165) is 23.3 Å². The highest BCUT2D eigenvalue weighted by Crippen LogP contribution is 2.39. The monoisotopic (exact) mass is 394 g/mol. The van der Waals surface area contributed by atoms with Crippen LogP contribution in [0.2, 0.25) is 5.82 Å². The molecule has 0 spiro atoms. The average Bonchev–Trinajstić information content (AvgIpc) is 3.29. The lowest BCUT2D eigenvalue weighted by Crippen LogP contribution is -2.36. The molecule has 7 nitrogen and oxygen atoms in total. The number of hydrogen-bond acceptors (Lipinski definition) is 7. The molecule has 0 bridgehead atoms. The minimum atomic E-state index is -0.409. The van der Waals surface area contributed by atoms with Crippen molar-refractivity contribution in [3.8, 4) is 16.5 Å². The topological polar surface area (TPSA) is 97.4 Å². The predicted octanol–water partition coefficient (Wildman–Crippen LogP) is 3.01. The molecule has 0 unspecified atom stereocenters. The van der Waals surface area contributed by atoms with E-state index in [9.17, 15) is 14.9 Å². The summed E-state index contributed by atoms with van der Waals surface area (Å²) in [5, 5.41) is 13.9. The summed E-state index contributed by atoms with van der Waals surface area (Å²) in [6.45, 7) is 3.69. The third-order valence-electron chi connectivity index (χ3n) is 4.45. The van der Waals surface area contributed by atoms with Gasteiger partial charge < -0.3 is 4.74 Å². The van der Waals surface area contributed by atoms with Gasteiger partial charge in [-0.2, -0.15) is 5.10 Å². The molecule has 3 aromatic rings. The van der Waals surface area contributed by atoms with Crippen LogP contribution >= 0.6 is 11.3 Å². The van der Waals surface area contributed by atoms with Crippen LogP contribution < -0.4 is 5.59 Å². The van der Waals surface area contributed by atoms with Crippen LogP contribution in [0.4, 0.5) is 0 Å². The van der Waals surface area contributed by atoms with Crippen molar-refractivity contribution in [3.05, 3.63) is 34.8 Å². The lowest BCUT2D eigenvalue weighted by Gasteiger charge is -2.09. The molecule has 4 rings (SSSR count). The first-order valence-electron chi connectivity index (χ1n) is 9.08. The molecular formula is C19H19BN4O3S. The number of thiophene rings is 1. The predicted molar refractivity (Wildman–Crippen MR) is 108 cm³/mol. The van der Waals surface area contributed by atoms with E-state index in [0.29, 0.717) is 33.9 Å². The maximum Gasteiger partial charge on any atom is 0.348 e. The van der Waals surface area contributed by atoms with Gasteiger partial charge in [-0.25, -0.2) is 19.6 Å². The van der Waals surface area contributed by atoms with Gasteiger partial charge in [-0.05, 0) is 24.0 Å². The van der Waals surface area contributed by atoms with E-state index >= 15 is 0 Å². The van der Waals surface area contributed by atoms with E-state index in [-0.39, 0.29) is 6.71 Å². The summed E-state index contributed by atoms with van der Waals surface area (Å²) in [4.78, 5) is 28.8. The molecule has 3 aromatic heterocycles. The molecule has 0 aliphatic heterocycles. The maximum atomic E-state index is 11.7. The minimum Gasteiger partial charge on any atom is -0.465 e. The Kier molecular flexibility index (Phi) is 5.90. The van der Waals surface area contributed by atoms with Crippen LogP contribution in [0.15, 0.2) is 24.4 Å². The van der Waals surface area contributed by atoms with E-state index in [1.165, 1.54) is 24.6 Å². The number of hydrogen-bond donors (Lipinski definition) is 0. The van der Waals surface area contributed by atoms with Gasteiger partial charge in [-0.3, -0.25) is 4.79 Å². The second-order valence-electron chi connectivity index (χ2n) is 6.12. The molecular weight excluding hydrogens is 375 g/mol. The Labute approximate surface area is 167 Å². The van der Waals surface area contributed by atoms with Crippen molar-refractivity contribution in [2.45, 2.75) is 32.5 Å². The Morgan fingerprint density at radius 3 is 2.79 bits per heavy atom. The van der Waals surface area contributed by atoms with E-state index in [1.54, 1.807) is 16.6 Å². The summed E-state index contributed by atoms with van der Waals surface area (Å²) >= 11 is 1.26. The lowest BCUT2D eigenvalue weighted by atomic mass is 9.44. The Morgan fingerprint density at radius 1 is 1.43 bits per heavy atom. The summed E-state index contributed by atoms with van der Waals surface area (Å²) in [6, 6.07) is 5.29. The summed E-state index contributed by atoms with van der Waals surface area (Å²) in [6.07, 6.45) is 4.17. The highest BCUT2D eigenvalue weighted by Gasteiger charge is 2.39. The Hall–Kier alpha value is -2.99. The number of ether oxygens (including phenoxy) is 1. The summed E-state index contributed by atoms with van der Waals surface area (Å²) in [5.41, 5.74) is 2.11. The fourth-order valence-electron chi connectivity index (χ4n) is 2.96. The van der Waals surface area contributed by atoms with Crippen LogP contribution in [0, 0.1) is 11.2 Å². The molecule has 1 aliphatic rings. The molecule has 28 heavy (non-hydrogen) atoms. The van der Waals surface area contributed by atoms with Gasteiger partial charge in [0.1, 0.15) is 4.88 Å². The van der Waals surface area contributed by atoms with Crippen LogP contribution in [-0.4, -0.2) is 40.7 Å². The van der Waals surface area contributed by atoms with Crippen LogP contribution in [0.25, 0.3) is 16.2 Å². The number of methoxy groups -OCH3 is 1. The first-order valence-corrected chi connectivity index (χ1v) is 9.90. The quantitative estimate of drug-likeness (QED) is 0.375. The van der Waals surface area contributed by atoms with E-state index in [2.05, 4.69) is 16.1 Å². The van der Waals surface area contributed by atoms with E-state index < -0.39 is 5.97 Å². The van der Waals surface area contributed by atoms with Crippen molar-refractivity contribution in [1.82, 2.24) is 14.6 Å². The molecule has 1 saturated carbocycles.